The predicted octanol–water partition coefficient (Wildman–Crippen LogP) is 2.41. The highest BCUT2D eigenvalue weighted by Gasteiger charge is 2.04. The average molecular weight is 256 g/mol. The minimum Gasteiger partial charge on any atom is -0.478 e. The maximum absolute atomic E-state index is 10.8. The van der Waals surface area contributed by atoms with Gasteiger partial charge in [0.05, 0.1) is 5.56 Å². The molecule has 0 radical (unpaired) electrons. The Labute approximate surface area is 112 Å². The van der Waals surface area contributed by atoms with Crippen LogP contribution in [-0.2, 0) is 13.1 Å². The molecule has 4 nitrogen and oxygen atoms in total. The summed E-state index contributed by atoms with van der Waals surface area (Å²) in [5.74, 6) is -0.892. The first-order valence-corrected chi connectivity index (χ1v) is 6.05. The van der Waals surface area contributed by atoms with Gasteiger partial charge in [-0.3, -0.25) is 9.88 Å². The van der Waals surface area contributed by atoms with Gasteiger partial charge in [0, 0.05) is 25.5 Å². The van der Waals surface area contributed by atoms with Crippen LogP contribution >= 0.6 is 0 Å². The van der Waals surface area contributed by atoms with E-state index in [1.54, 1.807) is 24.5 Å². The van der Waals surface area contributed by atoms with Crippen LogP contribution in [0.4, 0.5) is 0 Å². The average Bonchev–Trinajstić information content (AvgIpc) is 2.40. The molecule has 0 spiro atoms. The fourth-order valence-electron chi connectivity index (χ4n) is 1.92. The van der Waals surface area contributed by atoms with Crippen LogP contribution in [-0.4, -0.2) is 28.0 Å². The van der Waals surface area contributed by atoms with Crippen LogP contribution in [0, 0.1) is 0 Å². The highest BCUT2D eigenvalue weighted by Crippen LogP contribution is 2.09. The molecule has 19 heavy (non-hydrogen) atoms. The van der Waals surface area contributed by atoms with E-state index in [0.29, 0.717) is 5.56 Å². The maximum Gasteiger partial charge on any atom is 0.335 e. The molecule has 2 rings (SSSR count). The van der Waals surface area contributed by atoms with Crippen molar-refractivity contribution in [1.29, 1.82) is 0 Å². The van der Waals surface area contributed by atoms with Crippen molar-refractivity contribution in [3.8, 4) is 0 Å². The molecule has 0 atom stereocenters. The van der Waals surface area contributed by atoms with Crippen molar-refractivity contribution in [2.75, 3.05) is 7.05 Å². The molecule has 0 saturated heterocycles. The van der Waals surface area contributed by atoms with E-state index in [0.717, 1.165) is 18.7 Å². The van der Waals surface area contributed by atoms with E-state index in [2.05, 4.69) is 9.88 Å². The molecule has 4 heteroatoms. The summed E-state index contributed by atoms with van der Waals surface area (Å²) in [5.41, 5.74) is 2.63. The van der Waals surface area contributed by atoms with Gasteiger partial charge < -0.3 is 5.11 Å². The summed E-state index contributed by atoms with van der Waals surface area (Å²) < 4.78 is 0. The summed E-state index contributed by atoms with van der Waals surface area (Å²) >= 11 is 0. The van der Waals surface area contributed by atoms with E-state index in [9.17, 15) is 4.79 Å². The lowest BCUT2D eigenvalue weighted by Gasteiger charge is -2.16. The molecular formula is C15H16N2O2. The van der Waals surface area contributed by atoms with Crippen LogP contribution in [0.15, 0.2) is 48.8 Å². The highest BCUT2D eigenvalue weighted by atomic mass is 16.4. The summed E-state index contributed by atoms with van der Waals surface area (Å²) in [4.78, 5) is 16.9. The summed E-state index contributed by atoms with van der Waals surface area (Å²) in [6.07, 6.45) is 3.57. The fraction of sp³-hybridized carbons (Fsp3) is 0.200. The molecule has 0 aliphatic heterocycles. The van der Waals surface area contributed by atoms with Crippen LogP contribution < -0.4 is 0 Å². The molecule has 0 saturated carbocycles. The second-order valence-electron chi connectivity index (χ2n) is 4.53. The van der Waals surface area contributed by atoms with Crippen LogP contribution in [0.1, 0.15) is 21.5 Å². The van der Waals surface area contributed by atoms with Crippen molar-refractivity contribution in [3.63, 3.8) is 0 Å². The van der Waals surface area contributed by atoms with Crippen molar-refractivity contribution >= 4 is 5.97 Å². The lowest BCUT2D eigenvalue weighted by molar-refractivity contribution is 0.0697. The molecule has 1 heterocycles. The standard InChI is InChI=1S/C15H16N2O2/c1-17(11-13-6-8-16-9-7-13)10-12-2-4-14(5-3-12)15(18)19/h2-9H,10-11H2,1H3,(H,18,19). The number of nitrogens with zero attached hydrogens (tertiary/aromatic N) is 2. The third kappa shape index (κ3) is 3.89. The number of carboxylic acid groups (broad SMARTS) is 1. The summed E-state index contributed by atoms with van der Waals surface area (Å²) in [5, 5.41) is 8.84. The van der Waals surface area contributed by atoms with Crippen LogP contribution in [0.5, 0.6) is 0 Å². The Kier molecular flexibility index (Phi) is 4.26. The second kappa shape index (κ2) is 6.11. The van der Waals surface area contributed by atoms with Gasteiger partial charge >= 0.3 is 5.97 Å². The number of aromatic carboxylic acids is 1. The first kappa shape index (κ1) is 13.2. The van der Waals surface area contributed by atoms with E-state index in [1.165, 1.54) is 5.56 Å². The summed E-state index contributed by atoms with van der Waals surface area (Å²) in [6, 6.07) is 11.0. The molecule has 0 aliphatic carbocycles. The smallest absolute Gasteiger partial charge is 0.335 e. The van der Waals surface area contributed by atoms with E-state index < -0.39 is 5.97 Å². The van der Waals surface area contributed by atoms with Crippen molar-refractivity contribution in [2.24, 2.45) is 0 Å². The molecule has 1 aromatic heterocycles. The molecular weight excluding hydrogens is 240 g/mol. The Morgan fingerprint density at radius 3 is 2.11 bits per heavy atom. The van der Waals surface area contributed by atoms with Crippen LogP contribution in [0.2, 0.25) is 0 Å². The zero-order valence-electron chi connectivity index (χ0n) is 10.8. The zero-order valence-corrected chi connectivity index (χ0v) is 10.8. The second-order valence-corrected chi connectivity index (χ2v) is 4.53. The Balaban J connectivity index is 1.95. The van der Waals surface area contributed by atoms with Crippen molar-refractivity contribution in [1.82, 2.24) is 9.88 Å². The van der Waals surface area contributed by atoms with Crippen LogP contribution in [0.25, 0.3) is 0 Å². The molecule has 98 valence electrons. The normalized spacial score (nSPS) is 10.6. The van der Waals surface area contributed by atoms with Gasteiger partial charge in [0.25, 0.3) is 0 Å². The monoisotopic (exact) mass is 256 g/mol. The van der Waals surface area contributed by atoms with Gasteiger partial charge in [0.15, 0.2) is 0 Å². The number of benzene rings is 1. The van der Waals surface area contributed by atoms with Crippen molar-refractivity contribution < 1.29 is 9.90 Å². The number of aromatic nitrogens is 1. The summed E-state index contributed by atoms with van der Waals surface area (Å²) in [6.45, 7) is 1.62. The molecule has 2 aromatic rings. The van der Waals surface area contributed by atoms with E-state index in [1.807, 2.05) is 31.3 Å². The third-order valence-electron chi connectivity index (χ3n) is 2.86. The Bertz CT molecular complexity index is 538. The number of rotatable bonds is 5. The number of carbonyl (C=O) groups is 1. The van der Waals surface area contributed by atoms with Crippen LogP contribution in [0.3, 0.4) is 0 Å². The lowest BCUT2D eigenvalue weighted by atomic mass is 10.1. The first-order chi connectivity index (χ1) is 9.15. The first-order valence-electron chi connectivity index (χ1n) is 6.05. The third-order valence-corrected chi connectivity index (χ3v) is 2.86. The zero-order chi connectivity index (χ0) is 13.7. The SMILES string of the molecule is CN(Cc1ccncc1)Cc1ccc(C(=O)O)cc1. The van der Waals surface area contributed by atoms with Gasteiger partial charge in [-0.05, 0) is 42.4 Å². The maximum atomic E-state index is 10.8. The molecule has 0 amide bonds. The van der Waals surface area contributed by atoms with E-state index in [-0.39, 0.29) is 0 Å². The largest absolute Gasteiger partial charge is 0.478 e. The Hall–Kier alpha value is -2.20. The topological polar surface area (TPSA) is 53.4 Å². The van der Waals surface area contributed by atoms with Crippen molar-refractivity contribution in [2.45, 2.75) is 13.1 Å². The minimum absolute atomic E-state index is 0.320. The Morgan fingerprint density at radius 2 is 1.58 bits per heavy atom. The van der Waals surface area contributed by atoms with E-state index >= 15 is 0 Å². The van der Waals surface area contributed by atoms with Gasteiger partial charge in [-0.1, -0.05) is 12.1 Å². The number of pyridine rings is 1. The minimum atomic E-state index is -0.892. The van der Waals surface area contributed by atoms with Gasteiger partial charge in [0.2, 0.25) is 0 Å². The highest BCUT2D eigenvalue weighted by molar-refractivity contribution is 5.87. The van der Waals surface area contributed by atoms with Crippen molar-refractivity contribution in [3.05, 3.63) is 65.5 Å². The molecule has 0 unspecified atom stereocenters. The molecule has 1 aromatic carbocycles. The lowest BCUT2D eigenvalue weighted by Crippen LogP contribution is -2.17. The van der Waals surface area contributed by atoms with Gasteiger partial charge in [-0.25, -0.2) is 4.79 Å². The van der Waals surface area contributed by atoms with E-state index in [4.69, 9.17) is 5.11 Å². The quantitative estimate of drug-likeness (QED) is 0.892. The van der Waals surface area contributed by atoms with Gasteiger partial charge in [0.1, 0.15) is 0 Å². The molecule has 0 aliphatic rings. The predicted molar refractivity (Wildman–Crippen MR) is 72.8 cm³/mol. The summed E-state index contributed by atoms with van der Waals surface area (Å²) in [7, 11) is 2.03. The molecule has 1 N–H and O–H groups in total. The molecule has 0 fully saturated rings. The van der Waals surface area contributed by atoms with Gasteiger partial charge in [-0.2, -0.15) is 0 Å². The molecule has 0 bridgehead atoms. The number of hydrogen-bond acceptors (Lipinski definition) is 3. The number of hydrogen-bond donors (Lipinski definition) is 1. The number of carboxylic acids is 1. The fourth-order valence-corrected chi connectivity index (χ4v) is 1.92. The Morgan fingerprint density at radius 1 is 1.05 bits per heavy atom. The van der Waals surface area contributed by atoms with Gasteiger partial charge in [-0.15, -0.1) is 0 Å².